The lowest BCUT2D eigenvalue weighted by molar-refractivity contribution is 0.0697. The zero-order chi connectivity index (χ0) is 22.7. The normalized spacial score (nSPS) is 13.8. The number of halogens is 1. The molecule has 0 aliphatic heterocycles. The van der Waals surface area contributed by atoms with Crippen molar-refractivity contribution in [2.45, 2.75) is 25.7 Å². The van der Waals surface area contributed by atoms with Crippen LogP contribution in [0.2, 0.25) is 0 Å². The highest BCUT2D eigenvalue weighted by Crippen LogP contribution is 2.39. The molecule has 4 nitrogen and oxygen atoms in total. The maximum atomic E-state index is 14.6. The third kappa shape index (κ3) is 4.52. The molecule has 3 aromatic carbocycles. The van der Waals surface area contributed by atoms with Gasteiger partial charge in [0.15, 0.2) is 0 Å². The van der Waals surface area contributed by atoms with E-state index in [1.165, 1.54) is 0 Å². The van der Waals surface area contributed by atoms with E-state index in [1.54, 1.807) is 32.4 Å². The van der Waals surface area contributed by atoms with Gasteiger partial charge in [-0.25, -0.2) is 9.18 Å². The molecule has 3 aromatic rings. The van der Waals surface area contributed by atoms with Gasteiger partial charge < -0.3 is 14.6 Å². The Balaban J connectivity index is 1.64. The zero-order valence-electron chi connectivity index (χ0n) is 18.2. The lowest BCUT2D eigenvalue weighted by Gasteiger charge is -2.12. The van der Waals surface area contributed by atoms with Crippen LogP contribution in [0, 0.1) is 5.82 Å². The highest BCUT2D eigenvalue weighted by Gasteiger charge is 2.23. The minimum absolute atomic E-state index is 0.166. The fraction of sp³-hybridized carbons (Fsp3) is 0.222. The lowest BCUT2D eigenvalue weighted by Crippen LogP contribution is -2.00. The quantitative estimate of drug-likeness (QED) is 0.512. The van der Waals surface area contributed by atoms with Gasteiger partial charge in [-0.05, 0) is 89.4 Å². The summed E-state index contributed by atoms with van der Waals surface area (Å²) in [7, 11) is 3.24. The lowest BCUT2D eigenvalue weighted by atomic mass is 9.94. The predicted molar refractivity (Wildman–Crippen MR) is 123 cm³/mol. The predicted octanol–water partition coefficient (Wildman–Crippen LogP) is 5.81. The highest BCUT2D eigenvalue weighted by atomic mass is 19.1. The number of ether oxygens (including phenoxy) is 2. The standard InChI is InChI=1S/C27H25FO4/c1-31-22-14-18(15-23(16-22)32-2)13-21-9-11-24-25(28)12-10-19(26(21)24)6-3-17-4-7-20(8-5-17)27(29)30/h4-5,7-8,10,12-16H,3,6,9,11H2,1-2H3,(H,29,30). The fourth-order valence-corrected chi connectivity index (χ4v) is 4.26. The second-order valence-electron chi connectivity index (χ2n) is 7.88. The molecule has 32 heavy (non-hydrogen) atoms. The molecule has 0 amide bonds. The topological polar surface area (TPSA) is 55.8 Å². The Labute approximate surface area is 186 Å². The first-order valence-corrected chi connectivity index (χ1v) is 10.5. The second kappa shape index (κ2) is 9.27. The molecular weight excluding hydrogens is 407 g/mol. The minimum atomic E-state index is -0.933. The minimum Gasteiger partial charge on any atom is -0.497 e. The average molecular weight is 432 g/mol. The molecule has 0 heterocycles. The van der Waals surface area contributed by atoms with Gasteiger partial charge >= 0.3 is 5.97 Å². The van der Waals surface area contributed by atoms with Crippen molar-refractivity contribution in [2.24, 2.45) is 0 Å². The number of aryl methyl sites for hydroxylation is 2. The van der Waals surface area contributed by atoms with E-state index in [1.807, 2.05) is 36.4 Å². The van der Waals surface area contributed by atoms with Crippen LogP contribution in [0.1, 0.15) is 44.6 Å². The number of carbonyl (C=O) groups is 1. The number of hydrogen-bond donors (Lipinski definition) is 1. The van der Waals surface area contributed by atoms with Gasteiger partial charge in [-0.3, -0.25) is 0 Å². The van der Waals surface area contributed by atoms with Crippen LogP contribution >= 0.6 is 0 Å². The van der Waals surface area contributed by atoms with Crippen molar-refractivity contribution < 1.29 is 23.8 Å². The Bertz CT molecular complexity index is 1160. The summed E-state index contributed by atoms with van der Waals surface area (Å²) >= 11 is 0. The number of aromatic carboxylic acids is 1. The van der Waals surface area contributed by atoms with Crippen molar-refractivity contribution in [3.05, 3.63) is 93.8 Å². The van der Waals surface area contributed by atoms with Gasteiger partial charge in [-0.1, -0.05) is 24.3 Å². The van der Waals surface area contributed by atoms with Crippen LogP contribution in [0.4, 0.5) is 4.39 Å². The first-order valence-electron chi connectivity index (χ1n) is 10.5. The van der Waals surface area contributed by atoms with Crippen molar-refractivity contribution in [2.75, 3.05) is 14.2 Å². The summed E-state index contributed by atoms with van der Waals surface area (Å²) in [6.07, 6.45) is 5.03. The van der Waals surface area contributed by atoms with Crippen LogP contribution in [0.25, 0.3) is 11.6 Å². The van der Waals surface area contributed by atoms with Gasteiger partial charge in [-0.2, -0.15) is 0 Å². The average Bonchev–Trinajstić information content (AvgIpc) is 3.23. The molecule has 164 valence electrons. The molecule has 0 spiro atoms. The van der Waals surface area contributed by atoms with E-state index in [9.17, 15) is 9.18 Å². The van der Waals surface area contributed by atoms with Crippen LogP contribution in [0.5, 0.6) is 11.5 Å². The smallest absolute Gasteiger partial charge is 0.335 e. The molecule has 0 unspecified atom stereocenters. The Morgan fingerprint density at radius 2 is 1.66 bits per heavy atom. The molecule has 0 radical (unpaired) electrons. The van der Waals surface area contributed by atoms with Crippen LogP contribution < -0.4 is 9.47 Å². The van der Waals surface area contributed by atoms with Crippen LogP contribution in [-0.4, -0.2) is 25.3 Å². The molecule has 1 aliphatic rings. The Hall–Kier alpha value is -3.60. The van der Waals surface area contributed by atoms with Crippen LogP contribution in [-0.2, 0) is 19.3 Å². The third-order valence-corrected chi connectivity index (χ3v) is 5.91. The summed E-state index contributed by atoms with van der Waals surface area (Å²) in [6, 6.07) is 16.0. The second-order valence-corrected chi connectivity index (χ2v) is 7.88. The largest absolute Gasteiger partial charge is 0.497 e. The summed E-state index contributed by atoms with van der Waals surface area (Å²) in [5, 5.41) is 9.07. The summed E-state index contributed by atoms with van der Waals surface area (Å²) < 4.78 is 25.3. The number of fused-ring (bicyclic) bond motifs is 1. The summed E-state index contributed by atoms with van der Waals surface area (Å²) in [6.45, 7) is 0. The van der Waals surface area contributed by atoms with E-state index in [0.717, 1.165) is 52.7 Å². The van der Waals surface area contributed by atoms with Gasteiger partial charge in [0.05, 0.1) is 19.8 Å². The van der Waals surface area contributed by atoms with Crippen molar-refractivity contribution in [3.63, 3.8) is 0 Å². The highest BCUT2D eigenvalue weighted by molar-refractivity contribution is 5.88. The summed E-state index contributed by atoms with van der Waals surface area (Å²) in [4.78, 5) is 11.1. The van der Waals surface area contributed by atoms with Crippen LogP contribution in [0.15, 0.2) is 54.6 Å². The molecular formula is C27H25FO4. The number of methoxy groups -OCH3 is 2. The summed E-state index contributed by atoms with van der Waals surface area (Å²) in [5.41, 5.74) is 6.24. The number of rotatable bonds is 7. The maximum Gasteiger partial charge on any atom is 0.335 e. The van der Waals surface area contributed by atoms with Crippen LogP contribution in [0.3, 0.4) is 0 Å². The van der Waals surface area contributed by atoms with E-state index >= 15 is 0 Å². The van der Waals surface area contributed by atoms with E-state index in [4.69, 9.17) is 14.6 Å². The van der Waals surface area contributed by atoms with Crippen molar-refractivity contribution in [1.82, 2.24) is 0 Å². The Morgan fingerprint density at radius 1 is 0.969 bits per heavy atom. The van der Waals surface area contributed by atoms with Crippen molar-refractivity contribution in [1.29, 1.82) is 0 Å². The number of allylic oxidation sites excluding steroid dienone is 1. The van der Waals surface area contributed by atoms with Gasteiger partial charge in [0.25, 0.3) is 0 Å². The number of hydrogen-bond acceptors (Lipinski definition) is 3. The van der Waals surface area contributed by atoms with E-state index in [2.05, 4.69) is 6.08 Å². The van der Waals surface area contributed by atoms with Crippen molar-refractivity contribution in [3.8, 4) is 11.5 Å². The fourth-order valence-electron chi connectivity index (χ4n) is 4.26. The molecule has 1 N–H and O–H groups in total. The molecule has 0 bridgehead atoms. The monoisotopic (exact) mass is 432 g/mol. The van der Waals surface area contributed by atoms with E-state index < -0.39 is 5.97 Å². The van der Waals surface area contributed by atoms with Crippen molar-refractivity contribution >= 4 is 17.6 Å². The van der Waals surface area contributed by atoms with E-state index in [0.29, 0.717) is 17.9 Å². The maximum absolute atomic E-state index is 14.6. The molecule has 4 rings (SSSR count). The number of benzene rings is 3. The molecule has 0 atom stereocenters. The zero-order valence-corrected chi connectivity index (χ0v) is 18.2. The number of carboxylic acids is 1. The molecule has 1 aliphatic carbocycles. The van der Waals surface area contributed by atoms with E-state index in [-0.39, 0.29) is 11.4 Å². The molecule has 0 fully saturated rings. The molecule has 0 saturated heterocycles. The Morgan fingerprint density at radius 3 is 2.28 bits per heavy atom. The summed E-state index contributed by atoms with van der Waals surface area (Å²) in [5.74, 6) is 0.315. The van der Waals surface area contributed by atoms with Gasteiger partial charge in [0.2, 0.25) is 0 Å². The van der Waals surface area contributed by atoms with Gasteiger partial charge in [0, 0.05) is 6.07 Å². The van der Waals surface area contributed by atoms with Gasteiger partial charge in [-0.15, -0.1) is 0 Å². The Kier molecular flexibility index (Phi) is 6.26. The third-order valence-electron chi connectivity index (χ3n) is 5.91. The first-order chi connectivity index (χ1) is 15.5. The first kappa shape index (κ1) is 21.6. The number of carboxylic acid groups (broad SMARTS) is 1. The van der Waals surface area contributed by atoms with Gasteiger partial charge in [0.1, 0.15) is 17.3 Å². The SMILES string of the molecule is COc1cc(C=C2CCc3c(F)ccc(CCc4ccc(C(=O)O)cc4)c32)cc(OC)c1. The molecule has 0 saturated carbocycles. The molecule has 0 aromatic heterocycles. The molecule has 5 heteroatoms.